The number of rotatable bonds is 7. The standard InChI is InChI=1S/C11H20N4OS/c1-5-12-10-9(16-3)11(14-7-13-10)15-8(2)6-17-4/h7-8H,5-6H2,1-4H3,(H2,12,13,14,15). The van der Waals surface area contributed by atoms with Crippen LogP contribution in [0.15, 0.2) is 6.33 Å². The Morgan fingerprint density at radius 3 is 2.71 bits per heavy atom. The third kappa shape index (κ3) is 3.96. The second-order valence-electron chi connectivity index (χ2n) is 3.64. The summed E-state index contributed by atoms with van der Waals surface area (Å²) in [6.07, 6.45) is 3.62. The monoisotopic (exact) mass is 256 g/mol. The van der Waals surface area contributed by atoms with Gasteiger partial charge in [-0.3, -0.25) is 0 Å². The van der Waals surface area contributed by atoms with Crippen molar-refractivity contribution < 1.29 is 4.74 Å². The highest BCUT2D eigenvalue weighted by Crippen LogP contribution is 2.29. The Balaban J connectivity index is 2.86. The molecule has 1 unspecified atom stereocenters. The minimum absolute atomic E-state index is 0.336. The summed E-state index contributed by atoms with van der Waals surface area (Å²) in [6, 6.07) is 0.336. The fourth-order valence-corrected chi connectivity index (χ4v) is 2.07. The van der Waals surface area contributed by atoms with Crippen molar-refractivity contribution in [2.75, 3.05) is 36.3 Å². The van der Waals surface area contributed by atoms with Gasteiger partial charge in [0.25, 0.3) is 0 Å². The third-order valence-corrected chi connectivity index (χ3v) is 2.99. The van der Waals surface area contributed by atoms with Gasteiger partial charge in [0.2, 0.25) is 5.75 Å². The lowest BCUT2D eigenvalue weighted by Crippen LogP contribution is -2.19. The highest BCUT2D eigenvalue weighted by Gasteiger charge is 2.13. The number of thioether (sulfide) groups is 1. The summed E-state index contributed by atoms with van der Waals surface area (Å²) >= 11 is 1.79. The number of ether oxygens (including phenoxy) is 1. The Morgan fingerprint density at radius 1 is 1.41 bits per heavy atom. The molecular weight excluding hydrogens is 236 g/mol. The van der Waals surface area contributed by atoms with Crippen molar-refractivity contribution in [2.45, 2.75) is 19.9 Å². The van der Waals surface area contributed by atoms with E-state index in [0.29, 0.717) is 11.8 Å². The van der Waals surface area contributed by atoms with Gasteiger partial charge in [0, 0.05) is 18.3 Å². The third-order valence-electron chi connectivity index (χ3n) is 2.15. The van der Waals surface area contributed by atoms with Crippen LogP contribution in [0.25, 0.3) is 0 Å². The van der Waals surface area contributed by atoms with Crippen LogP contribution in [-0.4, -0.2) is 41.7 Å². The van der Waals surface area contributed by atoms with Crippen molar-refractivity contribution in [2.24, 2.45) is 0 Å². The predicted molar refractivity (Wildman–Crippen MR) is 74.2 cm³/mol. The van der Waals surface area contributed by atoms with E-state index in [4.69, 9.17) is 4.74 Å². The first-order chi connectivity index (χ1) is 8.22. The van der Waals surface area contributed by atoms with Crippen molar-refractivity contribution in [3.8, 4) is 5.75 Å². The molecule has 0 fully saturated rings. The van der Waals surface area contributed by atoms with Gasteiger partial charge in [-0.15, -0.1) is 0 Å². The molecule has 1 aromatic heterocycles. The molecular formula is C11H20N4OS. The summed E-state index contributed by atoms with van der Waals surface area (Å²) in [5.74, 6) is 3.15. The number of nitrogens with zero attached hydrogens (tertiary/aromatic N) is 2. The average molecular weight is 256 g/mol. The predicted octanol–water partition coefficient (Wildman–Crippen LogP) is 2.08. The summed E-state index contributed by atoms with van der Waals surface area (Å²) < 4.78 is 5.35. The van der Waals surface area contributed by atoms with Gasteiger partial charge in [-0.25, -0.2) is 9.97 Å². The molecule has 0 amide bonds. The van der Waals surface area contributed by atoms with Gasteiger partial charge in [-0.2, -0.15) is 11.8 Å². The van der Waals surface area contributed by atoms with Gasteiger partial charge < -0.3 is 15.4 Å². The lowest BCUT2D eigenvalue weighted by Gasteiger charge is -2.17. The van der Waals surface area contributed by atoms with Crippen LogP contribution in [0.1, 0.15) is 13.8 Å². The van der Waals surface area contributed by atoms with E-state index in [1.54, 1.807) is 18.9 Å². The van der Waals surface area contributed by atoms with Crippen molar-refractivity contribution in [3.05, 3.63) is 6.33 Å². The maximum atomic E-state index is 5.35. The first-order valence-corrected chi connectivity index (χ1v) is 7.00. The summed E-state index contributed by atoms with van der Waals surface area (Å²) in [4.78, 5) is 8.38. The first kappa shape index (κ1) is 13.9. The lowest BCUT2D eigenvalue weighted by molar-refractivity contribution is 0.414. The molecule has 17 heavy (non-hydrogen) atoms. The van der Waals surface area contributed by atoms with Crippen LogP contribution in [0, 0.1) is 0 Å². The molecule has 0 aliphatic heterocycles. The van der Waals surface area contributed by atoms with Crippen LogP contribution in [-0.2, 0) is 0 Å². The molecule has 0 aliphatic rings. The minimum Gasteiger partial charge on any atom is -0.490 e. The zero-order valence-electron chi connectivity index (χ0n) is 10.8. The molecule has 2 N–H and O–H groups in total. The SMILES string of the molecule is CCNc1ncnc(NC(C)CSC)c1OC. The van der Waals surface area contributed by atoms with Crippen LogP contribution in [0.3, 0.4) is 0 Å². The van der Waals surface area contributed by atoms with Gasteiger partial charge in [-0.1, -0.05) is 0 Å². The van der Waals surface area contributed by atoms with Gasteiger partial charge in [0.1, 0.15) is 6.33 Å². The van der Waals surface area contributed by atoms with E-state index in [-0.39, 0.29) is 0 Å². The van der Waals surface area contributed by atoms with Gasteiger partial charge >= 0.3 is 0 Å². The highest BCUT2D eigenvalue weighted by atomic mass is 32.2. The summed E-state index contributed by atoms with van der Waals surface area (Å²) in [5, 5.41) is 6.48. The molecule has 1 aromatic rings. The number of hydrogen-bond donors (Lipinski definition) is 2. The Hall–Kier alpha value is -1.17. The van der Waals surface area contributed by atoms with Crippen LogP contribution in [0.4, 0.5) is 11.6 Å². The largest absolute Gasteiger partial charge is 0.490 e. The van der Waals surface area contributed by atoms with E-state index in [9.17, 15) is 0 Å². The second-order valence-corrected chi connectivity index (χ2v) is 4.55. The van der Waals surface area contributed by atoms with Gasteiger partial charge in [0.05, 0.1) is 7.11 Å². The first-order valence-electron chi connectivity index (χ1n) is 5.61. The van der Waals surface area contributed by atoms with Crippen molar-refractivity contribution in [1.82, 2.24) is 9.97 Å². The maximum absolute atomic E-state index is 5.35. The van der Waals surface area contributed by atoms with E-state index < -0.39 is 0 Å². The van der Waals surface area contributed by atoms with Crippen LogP contribution in [0.5, 0.6) is 5.75 Å². The molecule has 0 aliphatic carbocycles. The molecule has 1 rings (SSSR count). The minimum atomic E-state index is 0.336. The van der Waals surface area contributed by atoms with Crippen molar-refractivity contribution >= 4 is 23.4 Å². The number of nitrogens with one attached hydrogen (secondary N) is 2. The van der Waals surface area contributed by atoms with E-state index >= 15 is 0 Å². The number of methoxy groups -OCH3 is 1. The average Bonchev–Trinajstić information content (AvgIpc) is 2.30. The normalized spacial score (nSPS) is 12.0. The number of aromatic nitrogens is 2. The zero-order chi connectivity index (χ0) is 12.7. The van der Waals surface area contributed by atoms with Crippen molar-refractivity contribution in [1.29, 1.82) is 0 Å². The van der Waals surface area contributed by atoms with Gasteiger partial charge in [0.15, 0.2) is 11.6 Å². The van der Waals surface area contributed by atoms with E-state index in [2.05, 4.69) is 33.8 Å². The fraction of sp³-hybridized carbons (Fsp3) is 0.636. The summed E-state index contributed by atoms with van der Waals surface area (Å²) in [7, 11) is 1.63. The van der Waals surface area contributed by atoms with Gasteiger partial charge in [-0.05, 0) is 20.1 Å². The Bertz CT molecular complexity index is 348. The fourth-order valence-electron chi connectivity index (χ4n) is 1.49. The highest BCUT2D eigenvalue weighted by molar-refractivity contribution is 7.98. The zero-order valence-corrected chi connectivity index (χ0v) is 11.6. The molecule has 0 spiro atoms. The molecule has 96 valence electrons. The molecule has 1 heterocycles. The summed E-state index contributed by atoms with van der Waals surface area (Å²) in [5.41, 5.74) is 0. The number of anilines is 2. The topological polar surface area (TPSA) is 59.1 Å². The molecule has 1 atom stereocenters. The Labute approximate surface area is 107 Å². The van der Waals surface area contributed by atoms with E-state index in [1.165, 1.54) is 6.33 Å². The quantitative estimate of drug-likeness (QED) is 0.779. The van der Waals surface area contributed by atoms with E-state index in [0.717, 1.165) is 23.9 Å². The molecule has 0 radical (unpaired) electrons. The van der Waals surface area contributed by atoms with Crippen LogP contribution in [0.2, 0.25) is 0 Å². The van der Waals surface area contributed by atoms with E-state index in [1.807, 2.05) is 6.92 Å². The van der Waals surface area contributed by atoms with Crippen LogP contribution >= 0.6 is 11.8 Å². The Morgan fingerprint density at radius 2 is 2.12 bits per heavy atom. The lowest BCUT2D eigenvalue weighted by atomic mass is 10.3. The summed E-state index contributed by atoms with van der Waals surface area (Å²) in [6.45, 7) is 4.93. The molecule has 0 saturated heterocycles. The molecule has 5 nitrogen and oxygen atoms in total. The Kier molecular flexibility index (Phi) is 5.90. The molecule has 0 bridgehead atoms. The smallest absolute Gasteiger partial charge is 0.204 e. The number of hydrogen-bond acceptors (Lipinski definition) is 6. The molecule has 0 aromatic carbocycles. The second kappa shape index (κ2) is 7.21. The molecule has 6 heteroatoms. The van der Waals surface area contributed by atoms with Crippen molar-refractivity contribution in [3.63, 3.8) is 0 Å². The molecule has 0 saturated carbocycles. The maximum Gasteiger partial charge on any atom is 0.204 e. The van der Waals surface area contributed by atoms with Crippen LogP contribution < -0.4 is 15.4 Å².